The summed E-state index contributed by atoms with van der Waals surface area (Å²) in [4.78, 5) is 24.4. The summed E-state index contributed by atoms with van der Waals surface area (Å²) in [6, 6.07) is 4.19. The van der Waals surface area contributed by atoms with E-state index in [2.05, 4.69) is 10.6 Å². The van der Waals surface area contributed by atoms with Gasteiger partial charge < -0.3 is 21.1 Å². The van der Waals surface area contributed by atoms with Gasteiger partial charge in [0, 0.05) is 32.7 Å². The average Bonchev–Trinajstić information content (AvgIpc) is 2.60. The Kier molecular flexibility index (Phi) is 6.81. The highest BCUT2D eigenvalue weighted by Gasteiger charge is 2.43. The molecule has 2 amide bonds. The molecular formula is C16H21F3N4O3. The number of hydrogen-bond acceptors (Lipinski definition) is 5. The number of piperazine rings is 1. The van der Waals surface area contributed by atoms with Crippen LogP contribution in [0.4, 0.5) is 13.2 Å². The number of carbonyl (C=O) groups is 2. The standard InChI is InChI=1S/C16H21F3N4O3/c17-16(18,19)13(23-7-5-21-6-8-23)9-22-15(25)11-3-1-2-4-12(11)26-10-14(20)24/h1-4,13,21H,5-10H2,(H2,20,24)(H,22,25). The highest BCUT2D eigenvalue weighted by atomic mass is 19.4. The van der Waals surface area contributed by atoms with Crippen LogP contribution < -0.4 is 21.1 Å². The number of nitrogens with zero attached hydrogens (tertiary/aromatic N) is 1. The first kappa shape index (κ1) is 20.0. The van der Waals surface area contributed by atoms with E-state index in [9.17, 15) is 22.8 Å². The van der Waals surface area contributed by atoms with Gasteiger partial charge in [-0.05, 0) is 12.1 Å². The fraction of sp³-hybridized carbons (Fsp3) is 0.500. The number of para-hydroxylation sites is 1. The van der Waals surface area contributed by atoms with E-state index in [1.807, 2.05) is 0 Å². The van der Waals surface area contributed by atoms with Gasteiger partial charge in [0.25, 0.3) is 11.8 Å². The number of ether oxygens (including phenoxy) is 1. The van der Waals surface area contributed by atoms with Crippen molar-refractivity contribution in [2.24, 2.45) is 5.73 Å². The minimum Gasteiger partial charge on any atom is -0.483 e. The third-order valence-electron chi connectivity index (χ3n) is 3.93. The molecule has 1 aromatic carbocycles. The van der Waals surface area contributed by atoms with E-state index in [4.69, 9.17) is 10.5 Å². The molecule has 26 heavy (non-hydrogen) atoms. The van der Waals surface area contributed by atoms with E-state index in [1.54, 1.807) is 12.1 Å². The number of halogens is 3. The van der Waals surface area contributed by atoms with Crippen LogP contribution >= 0.6 is 0 Å². The molecule has 0 aromatic heterocycles. The Bertz CT molecular complexity index is 633. The number of primary amides is 1. The van der Waals surface area contributed by atoms with Crippen molar-refractivity contribution in [2.75, 3.05) is 39.3 Å². The zero-order chi connectivity index (χ0) is 19.2. The van der Waals surface area contributed by atoms with Gasteiger partial charge in [-0.3, -0.25) is 14.5 Å². The topological polar surface area (TPSA) is 96.7 Å². The normalized spacial score (nSPS) is 16.7. The van der Waals surface area contributed by atoms with Crippen molar-refractivity contribution in [3.05, 3.63) is 29.8 Å². The lowest BCUT2D eigenvalue weighted by Crippen LogP contribution is -2.57. The predicted octanol–water partition coefficient (Wildman–Crippen LogP) is 0.117. The first-order chi connectivity index (χ1) is 12.3. The summed E-state index contributed by atoms with van der Waals surface area (Å²) in [7, 11) is 0. The van der Waals surface area contributed by atoms with Gasteiger partial charge in [0.2, 0.25) is 0 Å². The van der Waals surface area contributed by atoms with E-state index < -0.39 is 37.2 Å². The Labute approximate surface area is 148 Å². The summed E-state index contributed by atoms with van der Waals surface area (Å²) in [6.45, 7) is 0.411. The van der Waals surface area contributed by atoms with Crippen LogP contribution in [0.5, 0.6) is 5.75 Å². The second kappa shape index (κ2) is 8.86. The molecule has 0 radical (unpaired) electrons. The van der Waals surface area contributed by atoms with Crippen molar-refractivity contribution < 1.29 is 27.5 Å². The third-order valence-corrected chi connectivity index (χ3v) is 3.93. The van der Waals surface area contributed by atoms with Crippen molar-refractivity contribution in [3.8, 4) is 5.75 Å². The van der Waals surface area contributed by atoms with Crippen molar-refractivity contribution >= 4 is 11.8 Å². The SMILES string of the molecule is NC(=O)COc1ccccc1C(=O)NCC(N1CCNCC1)C(F)(F)F. The molecule has 0 aliphatic carbocycles. The quantitative estimate of drug-likeness (QED) is 0.630. The molecular weight excluding hydrogens is 353 g/mol. The van der Waals surface area contributed by atoms with Crippen molar-refractivity contribution in [3.63, 3.8) is 0 Å². The molecule has 1 heterocycles. The number of carbonyl (C=O) groups excluding carboxylic acids is 2. The number of alkyl halides is 3. The average molecular weight is 374 g/mol. The van der Waals surface area contributed by atoms with Gasteiger partial charge in [0.1, 0.15) is 11.8 Å². The third kappa shape index (κ3) is 5.60. The van der Waals surface area contributed by atoms with Crippen LogP contribution in [0, 0.1) is 0 Å². The first-order valence-corrected chi connectivity index (χ1v) is 8.09. The van der Waals surface area contributed by atoms with Crippen LogP contribution in [0.2, 0.25) is 0 Å². The van der Waals surface area contributed by atoms with E-state index in [1.165, 1.54) is 17.0 Å². The van der Waals surface area contributed by atoms with Crippen LogP contribution in [0.15, 0.2) is 24.3 Å². The number of amides is 2. The van der Waals surface area contributed by atoms with E-state index in [0.717, 1.165) is 0 Å². The second-order valence-corrected chi connectivity index (χ2v) is 5.80. The van der Waals surface area contributed by atoms with Crippen LogP contribution in [-0.4, -0.2) is 68.3 Å². The van der Waals surface area contributed by atoms with Gasteiger partial charge in [-0.1, -0.05) is 12.1 Å². The highest BCUT2D eigenvalue weighted by molar-refractivity contribution is 5.97. The molecule has 1 aromatic rings. The molecule has 0 saturated carbocycles. The van der Waals surface area contributed by atoms with E-state index in [-0.39, 0.29) is 24.4 Å². The number of rotatable bonds is 7. The summed E-state index contributed by atoms with van der Waals surface area (Å²) < 4.78 is 45.2. The molecule has 1 aliphatic rings. The number of nitrogens with one attached hydrogen (secondary N) is 2. The molecule has 1 fully saturated rings. The molecule has 2 rings (SSSR count). The van der Waals surface area contributed by atoms with Gasteiger partial charge >= 0.3 is 6.18 Å². The molecule has 1 atom stereocenters. The molecule has 4 N–H and O–H groups in total. The monoisotopic (exact) mass is 374 g/mol. The van der Waals surface area contributed by atoms with Crippen molar-refractivity contribution in [1.82, 2.24) is 15.5 Å². The Morgan fingerprint density at radius 3 is 2.54 bits per heavy atom. The molecule has 1 saturated heterocycles. The van der Waals surface area contributed by atoms with Gasteiger partial charge in [0.15, 0.2) is 6.61 Å². The second-order valence-electron chi connectivity index (χ2n) is 5.80. The number of hydrogen-bond donors (Lipinski definition) is 3. The maximum absolute atomic E-state index is 13.4. The van der Waals surface area contributed by atoms with Gasteiger partial charge in [-0.15, -0.1) is 0 Å². The molecule has 1 unspecified atom stereocenters. The molecule has 7 nitrogen and oxygen atoms in total. The van der Waals surface area contributed by atoms with Crippen LogP contribution in [0.25, 0.3) is 0 Å². The molecule has 144 valence electrons. The zero-order valence-corrected chi connectivity index (χ0v) is 14.0. The minimum atomic E-state index is -4.47. The lowest BCUT2D eigenvalue weighted by atomic mass is 10.1. The van der Waals surface area contributed by atoms with Crippen LogP contribution in [0.3, 0.4) is 0 Å². The Morgan fingerprint density at radius 2 is 1.92 bits per heavy atom. The maximum Gasteiger partial charge on any atom is 0.405 e. The van der Waals surface area contributed by atoms with Crippen LogP contribution in [0.1, 0.15) is 10.4 Å². The zero-order valence-electron chi connectivity index (χ0n) is 14.0. The number of nitrogens with two attached hydrogens (primary N) is 1. The first-order valence-electron chi connectivity index (χ1n) is 8.09. The van der Waals surface area contributed by atoms with Gasteiger partial charge in [-0.2, -0.15) is 13.2 Å². The lowest BCUT2D eigenvalue weighted by Gasteiger charge is -2.35. The van der Waals surface area contributed by atoms with Crippen LogP contribution in [-0.2, 0) is 4.79 Å². The lowest BCUT2D eigenvalue weighted by molar-refractivity contribution is -0.183. The smallest absolute Gasteiger partial charge is 0.405 e. The van der Waals surface area contributed by atoms with E-state index in [0.29, 0.717) is 13.1 Å². The summed E-state index contributed by atoms with van der Waals surface area (Å²) in [5, 5.41) is 5.31. The Morgan fingerprint density at radius 1 is 1.27 bits per heavy atom. The van der Waals surface area contributed by atoms with Gasteiger partial charge in [0.05, 0.1) is 5.56 Å². The summed E-state index contributed by atoms with van der Waals surface area (Å²) in [5.74, 6) is -1.36. The van der Waals surface area contributed by atoms with Crippen molar-refractivity contribution in [1.29, 1.82) is 0 Å². The van der Waals surface area contributed by atoms with Crippen molar-refractivity contribution in [2.45, 2.75) is 12.2 Å². The largest absolute Gasteiger partial charge is 0.483 e. The molecule has 0 spiro atoms. The minimum absolute atomic E-state index is 0.0370. The Hall–Kier alpha value is -2.33. The van der Waals surface area contributed by atoms with Gasteiger partial charge in [-0.25, -0.2) is 0 Å². The molecule has 1 aliphatic heterocycles. The summed E-state index contributed by atoms with van der Waals surface area (Å²) >= 11 is 0. The predicted molar refractivity (Wildman–Crippen MR) is 87.8 cm³/mol. The molecule has 10 heteroatoms. The van der Waals surface area contributed by atoms with E-state index >= 15 is 0 Å². The fourth-order valence-electron chi connectivity index (χ4n) is 2.66. The number of benzene rings is 1. The fourth-order valence-corrected chi connectivity index (χ4v) is 2.66. The maximum atomic E-state index is 13.4. The summed E-state index contributed by atoms with van der Waals surface area (Å²) in [6.07, 6.45) is -4.47. The summed E-state index contributed by atoms with van der Waals surface area (Å²) in [5.41, 5.74) is 5.03. The molecule has 0 bridgehead atoms. The Balaban J connectivity index is 2.05. The highest BCUT2D eigenvalue weighted by Crippen LogP contribution is 2.25.